The number of nitrogens with zero attached hydrogens (tertiary/aromatic N) is 2. The van der Waals surface area contributed by atoms with Gasteiger partial charge in [-0.15, -0.1) is 0 Å². The average molecular weight is 618 g/mol. The normalized spacial score (nSPS) is 17.0. The van der Waals surface area contributed by atoms with Crippen LogP contribution in [-0.4, -0.2) is 29.1 Å². The first-order chi connectivity index (χ1) is 13.5. The van der Waals surface area contributed by atoms with Gasteiger partial charge in [0.1, 0.15) is 12.4 Å². The molecular weight excluding hydrogens is 598 g/mol. The van der Waals surface area contributed by atoms with E-state index in [9.17, 15) is 4.79 Å². The molecule has 4 nitrogen and oxygen atoms in total. The maximum atomic E-state index is 12.6. The van der Waals surface area contributed by atoms with Crippen molar-refractivity contribution in [3.05, 3.63) is 65.6 Å². The first kappa shape index (κ1) is 21.6. The lowest BCUT2D eigenvalue weighted by atomic mass is 10.2. The highest BCUT2D eigenvalue weighted by molar-refractivity contribution is 14.1. The van der Waals surface area contributed by atoms with Gasteiger partial charge in [-0.05, 0) is 100 Å². The minimum atomic E-state index is 0.0223. The topological polar surface area (TPSA) is 41.9 Å². The predicted octanol–water partition coefficient (Wildman–Crippen LogP) is 5.79. The lowest BCUT2D eigenvalue weighted by molar-refractivity contribution is -0.122. The summed E-state index contributed by atoms with van der Waals surface area (Å²) in [6.45, 7) is 5.78. The Morgan fingerprint density at radius 1 is 1.14 bits per heavy atom. The monoisotopic (exact) mass is 618 g/mol. The Bertz CT molecular complexity index is 906. The molecule has 7 heteroatoms. The third-order valence-corrected chi connectivity index (χ3v) is 6.69. The summed E-state index contributed by atoms with van der Waals surface area (Å²) in [6.07, 6.45) is 1.94. The van der Waals surface area contributed by atoms with E-state index in [0.29, 0.717) is 24.6 Å². The summed E-state index contributed by atoms with van der Waals surface area (Å²) in [4.78, 5) is 19.5. The molecule has 1 aliphatic heterocycles. The van der Waals surface area contributed by atoms with E-state index in [1.807, 2.05) is 38.1 Å². The molecule has 1 aliphatic rings. The van der Waals surface area contributed by atoms with Gasteiger partial charge in [-0.3, -0.25) is 14.7 Å². The minimum absolute atomic E-state index is 0.0223. The Balaban J connectivity index is 1.81. The maximum Gasteiger partial charge on any atom is 0.266 e. The molecule has 0 aliphatic carbocycles. The van der Waals surface area contributed by atoms with E-state index >= 15 is 0 Å². The van der Waals surface area contributed by atoms with Crippen molar-refractivity contribution in [2.45, 2.75) is 20.5 Å². The van der Waals surface area contributed by atoms with Crippen LogP contribution in [0.4, 0.5) is 0 Å². The third kappa shape index (κ3) is 5.10. The van der Waals surface area contributed by atoms with Crippen molar-refractivity contribution in [3.63, 3.8) is 0 Å². The van der Waals surface area contributed by atoms with Crippen LogP contribution in [0.3, 0.4) is 0 Å². The van der Waals surface area contributed by atoms with Crippen molar-refractivity contribution < 1.29 is 9.53 Å². The summed E-state index contributed by atoms with van der Waals surface area (Å²) in [5, 5.41) is 0.786. The Morgan fingerprint density at radius 2 is 1.82 bits per heavy atom. The van der Waals surface area contributed by atoms with Crippen LogP contribution < -0.4 is 4.74 Å². The van der Waals surface area contributed by atoms with Gasteiger partial charge in [0.05, 0.1) is 12.0 Å². The second-order valence-corrected chi connectivity index (χ2v) is 9.34. The molecular formula is C21H20I2N2O2S. The molecule has 0 radical (unpaired) electrons. The number of hydrogen-bond acceptors (Lipinski definition) is 4. The molecule has 28 heavy (non-hydrogen) atoms. The zero-order chi connectivity index (χ0) is 20.1. The zero-order valence-corrected chi connectivity index (χ0v) is 20.7. The number of thioether (sulfide) groups is 1. The van der Waals surface area contributed by atoms with Crippen molar-refractivity contribution in [3.8, 4) is 5.75 Å². The molecule has 0 N–H and O–H groups in total. The van der Waals surface area contributed by atoms with E-state index in [1.165, 1.54) is 11.8 Å². The predicted molar refractivity (Wildman–Crippen MR) is 134 cm³/mol. The Labute approximate surface area is 197 Å². The number of carbonyl (C=O) groups excluding carboxylic acids is 1. The van der Waals surface area contributed by atoms with Crippen LogP contribution in [0.25, 0.3) is 6.08 Å². The fourth-order valence-electron chi connectivity index (χ4n) is 2.72. The van der Waals surface area contributed by atoms with Crippen LogP contribution in [0.2, 0.25) is 0 Å². The van der Waals surface area contributed by atoms with Gasteiger partial charge in [-0.2, -0.15) is 0 Å². The number of hydrogen-bond donors (Lipinski definition) is 0. The van der Waals surface area contributed by atoms with Crippen LogP contribution in [-0.2, 0) is 11.4 Å². The summed E-state index contributed by atoms with van der Waals surface area (Å²) in [5.74, 6) is 0.898. The summed E-state index contributed by atoms with van der Waals surface area (Å²) in [5.41, 5.74) is 2.13. The molecule has 0 saturated carbocycles. The number of benzene rings is 2. The minimum Gasteiger partial charge on any atom is -0.487 e. The van der Waals surface area contributed by atoms with E-state index < -0.39 is 0 Å². The Morgan fingerprint density at radius 3 is 2.43 bits per heavy atom. The fraction of sp³-hybridized carbons (Fsp3) is 0.238. The van der Waals surface area contributed by atoms with Crippen LogP contribution >= 0.6 is 56.9 Å². The van der Waals surface area contributed by atoms with E-state index in [2.05, 4.69) is 74.4 Å². The first-order valence-electron chi connectivity index (χ1n) is 8.95. The van der Waals surface area contributed by atoms with Gasteiger partial charge in [0.25, 0.3) is 5.91 Å². The zero-order valence-electron chi connectivity index (χ0n) is 15.6. The van der Waals surface area contributed by atoms with Crippen LogP contribution in [0.1, 0.15) is 25.0 Å². The van der Waals surface area contributed by atoms with Gasteiger partial charge in [-0.1, -0.05) is 30.3 Å². The number of carbonyl (C=O) groups is 1. The molecule has 1 amide bonds. The third-order valence-electron chi connectivity index (χ3n) is 4.04. The second kappa shape index (κ2) is 10.1. The van der Waals surface area contributed by atoms with Crippen LogP contribution in [0.5, 0.6) is 5.75 Å². The maximum absolute atomic E-state index is 12.6. The van der Waals surface area contributed by atoms with Crippen molar-refractivity contribution in [1.82, 2.24) is 4.90 Å². The highest BCUT2D eigenvalue weighted by Crippen LogP contribution is 2.35. The lowest BCUT2D eigenvalue weighted by Gasteiger charge is -2.12. The quantitative estimate of drug-likeness (QED) is 0.305. The van der Waals surface area contributed by atoms with Crippen molar-refractivity contribution in [2.75, 3.05) is 13.1 Å². The summed E-state index contributed by atoms with van der Waals surface area (Å²) < 4.78 is 8.10. The first-order valence-corrected chi connectivity index (χ1v) is 11.9. The standard InChI is InChI=1S/C21H20I2N2O2S/c1-3-24-21-25(4-2)20(26)18(28-21)12-15-10-16(22)19(17(23)11-15)27-13-14-8-6-5-7-9-14/h5-12H,3-4,13H2,1-2H3/b18-12+,24-21?. The number of aliphatic imine (C=N–C) groups is 1. The van der Waals surface area contributed by atoms with Crippen LogP contribution in [0.15, 0.2) is 52.4 Å². The van der Waals surface area contributed by atoms with Crippen molar-refractivity contribution in [1.29, 1.82) is 0 Å². The van der Waals surface area contributed by atoms with Gasteiger partial charge in [0.15, 0.2) is 5.17 Å². The van der Waals surface area contributed by atoms with Gasteiger partial charge in [-0.25, -0.2) is 0 Å². The Kier molecular flexibility index (Phi) is 7.81. The molecule has 0 spiro atoms. The van der Waals surface area contributed by atoms with Crippen molar-refractivity contribution in [2.24, 2.45) is 4.99 Å². The average Bonchev–Trinajstić information content (AvgIpc) is 2.96. The number of likely N-dealkylation sites (N-methyl/N-ethyl adjacent to an activating group) is 1. The molecule has 0 atom stereocenters. The number of amidine groups is 1. The Hall–Kier alpha value is -1.07. The fourth-order valence-corrected chi connectivity index (χ4v) is 5.95. The van der Waals surface area contributed by atoms with Crippen LogP contribution in [0, 0.1) is 7.14 Å². The van der Waals surface area contributed by atoms with E-state index in [4.69, 9.17) is 4.74 Å². The lowest BCUT2D eigenvalue weighted by Crippen LogP contribution is -2.28. The highest BCUT2D eigenvalue weighted by Gasteiger charge is 2.31. The van der Waals surface area contributed by atoms with E-state index in [1.54, 1.807) is 4.90 Å². The van der Waals surface area contributed by atoms with Gasteiger partial charge in [0.2, 0.25) is 0 Å². The number of halogens is 2. The second-order valence-electron chi connectivity index (χ2n) is 6.00. The molecule has 3 rings (SSSR count). The molecule has 1 saturated heterocycles. The summed E-state index contributed by atoms with van der Waals surface area (Å²) in [7, 11) is 0. The van der Waals surface area contributed by atoms with Gasteiger partial charge < -0.3 is 4.74 Å². The largest absolute Gasteiger partial charge is 0.487 e. The molecule has 1 heterocycles. The highest BCUT2D eigenvalue weighted by atomic mass is 127. The summed E-state index contributed by atoms with van der Waals surface area (Å²) >= 11 is 6.03. The molecule has 1 fully saturated rings. The molecule has 0 bridgehead atoms. The SMILES string of the molecule is CCN=C1S/C(=C/c2cc(I)c(OCc3ccccc3)c(I)c2)C(=O)N1CC. The summed E-state index contributed by atoms with van der Waals surface area (Å²) in [6, 6.07) is 14.2. The molecule has 0 aromatic heterocycles. The smallest absolute Gasteiger partial charge is 0.266 e. The van der Waals surface area contributed by atoms with E-state index in [-0.39, 0.29) is 5.91 Å². The number of ether oxygens (including phenoxy) is 1. The number of rotatable bonds is 6. The molecule has 146 valence electrons. The van der Waals surface area contributed by atoms with Gasteiger partial charge in [0, 0.05) is 13.1 Å². The van der Waals surface area contributed by atoms with Crippen molar-refractivity contribution >= 4 is 74.1 Å². The molecule has 2 aromatic carbocycles. The molecule has 2 aromatic rings. The molecule has 0 unspecified atom stereocenters. The number of amides is 1. The van der Waals surface area contributed by atoms with E-state index in [0.717, 1.165) is 29.2 Å². The van der Waals surface area contributed by atoms with Gasteiger partial charge >= 0.3 is 0 Å².